The molecule has 0 unspecified atom stereocenters. The molecule has 3 rings (SSSR count). The van der Waals surface area contributed by atoms with E-state index in [1.54, 1.807) is 47.0 Å². The zero-order chi connectivity index (χ0) is 14.7. The Morgan fingerprint density at radius 1 is 1.14 bits per heavy atom. The van der Waals surface area contributed by atoms with E-state index in [1.807, 2.05) is 29.0 Å². The fraction of sp³-hybridized carbons (Fsp3) is 0. The van der Waals surface area contributed by atoms with E-state index in [4.69, 9.17) is 0 Å². The second-order valence-corrected chi connectivity index (χ2v) is 6.85. The number of rotatable bonds is 4. The molecular weight excluding hydrogens is 366 g/mol. The number of ketones is 1. The van der Waals surface area contributed by atoms with Crippen molar-refractivity contribution in [3.8, 4) is 10.6 Å². The van der Waals surface area contributed by atoms with E-state index >= 15 is 0 Å². The van der Waals surface area contributed by atoms with E-state index in [2.05, 4.69) is 26.3 Å². The molecule has 0 aliphatic heterocycles. The summed E-state index contributed by atoms with van der Waals surface area (Å²) >= 11 is 6.59. The predicted octanol–water partition coefficient (Wildman–Crippen LogP) is 5.53. The number of nitrogens with zero attached hydrogens (tertiary/aromatic N) is 1. The van der Waals surface area contributed by atoms with Crippen LogP contribution in [0, 0.1) is 0 Å². The zero-order valence-corrected chi connectivity index (χ0v) is 14.0. The highest BCUT2D eigenvalue weighted by Crippen LogP contribution is 2.26. The molecule has 2 heterocycles. The first-order valence-electron chi connectivity index (χ1n) is 6.18. The Balaban J connectivity index is 1.74. The third-order valence-electron chi connectivity index (χ3n) is 2.82. The Hall–Kier alpha value is -1.56. The Morgan fingerprint density at radius 2 is 1.95 bits per heavy atom. The highest BCUT2D eigenvalue weighted by molar-refractivity contribution is 9.10. The molecule has 2 nitrogen and oxygen atoms in total. The summed E-state index contributed by atoms with van der Waals surface area (Å²) in [5.74, 6) is -0.0208. The quantitative estimate of drug-likeness (QED) is 0.443. The lowest BCUT2D eigenvalue weighted by atomic mass is 10.1. The van der Waals surface area contributed by atoms with Crippen molar-refractivity contribution in [2.24, 2.45) is 0 Å². The molecule has 0 radical (unpaired) electrons. The van der Waals surface area contributed by atoms with Crippen LogP contribution in [0.5, 0.6) is 0 Å². The molecule has 3 aromatic rings. The van der Waals surface area contributed by atoms with E-state index in [9.17, 15) is 4.79 Å². The minimum atomic E-state index is -0.0208. The van der Waals surface area contributed by atoms with Crippen LogP contribution in [0.3, 0.4) is 0 Å². The number of hydrogen-bond acceptors (Lipinski definition) is 4. The average molecular weight is 376 g/mol. The Morgan fingerprint density at radius 3 is 2.67 bits per heavy atom. The van der Waals surface area contributed by atoms with Gasteiger partial charge in [-0.05, 0) is 47.9 Å². The van der Waals surface area contributed by atoms with Crippen LogP contribution < -0.4 is 0 Å². The minimum Gasteiger partial charge on any atom is -0.289 e. The lowest BCUT2D eigenvalue weighted by molar-refractivity contribution is 0.104. The van der Waals surface area contributed by atoms with Crippen LogP contribution in [0.1, 0.15) is 16.1 Å². The summed E-state index contributed by atoms with van der Waals surface area (Å²) in [5, 5.41) is 7.04. The molecule has 0 aliphatic rings. The maximum atomic E-state index is 12.0. The first-order chi connectivity index (χ1) is 10.2. The summed E-state index contributed by atoms with van der Waals surface area (Å²) in [6, 6.07) is 9.37. The molecule has 0 aliphatic carbocycles. The van der Waals surface area contributed by atoms with Crippen molar-refractivity contribution in [3.63, 3.8) is 0 Å². The van der Waals surface area contributed by atoms with E-state index in [1.165, 1.54) is 0 Å². The van der Waals surface area contributed by atoms with Crippen molar-refractivity contribution in [3.05, 3.63) is 68.3 Å². The summed E-state index contributed by atoms with van der Waals surface area (Å²) in [6.45, 7) is 0. The summed E-state index contributed by atoms with van der Waals surface area (Å²) in [5.41, 5.74) is 2.61. The van der Waals surface area contributed by atoms with Crippen LogP contribution in [0.2, 0.25) is 0 Å². The van der Waals surface area contributed by atoms with Gasteiger partial charge in [0.2, 0.25) is 0 Å². The molecule has 0 fully saturated rings. The van der Waals surface area contributed by atoms with E-state index in [0.29, 0.717) is 5.56 Å². The summed E-state index contributed by atoms with van der Waals surface area (Å²) in [7, 11) is 0. The summed E-state index contributed by atoms with van der Waals surface area (Å²) < 4.78 is 0.961. The van der Waals surface area contributed by atoms with Gasteiger partial charge in [0, 0.05) is 26.4 Å². The van der Waals surface area contributed by atoms with Crippen LogP contribution in [-0.2, 0) is 0 Å². The van der Waals surface area contributed by atoms with Gasteiger partial charge in [-0.2, -0.15) is 11.3 Å². The maximum absolute atomic E-state index is 12.0. The molecule has 5 heteroatoms. The molecule has 0 N–H and O–H groups in total. The van der Waals surface area contributed by atoms with Crippen LogP contribution in [0.25, 0.3) is 16.6 Å². The first kappa shape index (κ1) is 14.4. The van der Waals surface area contributed by atoms with Crippen LogP contribution in [-0.4, -0.2) is 10.8 Å². The molecule has 0 bridgehead atoms. The number of carbonyl (C=O) groups is 1. The molecule has 0 spiro atoms. The van der Waals surface area contributed by atoms with Gasteiger partial charge in [0.05, 0.1) is 5.69 Å². The number of allylic oxidation sites excluding steroid dienone is 1. The Kier molecular flexibility index (Phi) is 4.43. The summed E-state index contributed by atoms with van der Waals surface area (Å²) in [4.78, 5) is 16.6. The second kappa shape index (κ2) is 6.47. The number of thiazole rings is 1. The lowest BCUT2D eigenvalue weighted by Crippen LogP contribution is -1.93. The topological polar surface area (TPSA) is 30.0 Å². The molecular formula is C16H10BrNOS2. The second-order valence-electron chi connectivity index (χ2n) is 4.29. The van der Waals surface area contributed by atoms with Crippen molar-refractivity contribution < 1.29 is 4.79 Å². The van der Waals surface area contributed by atoms with Gasteiger partial charge in [-0.1, -0.05) is 15.9 Å². The zero-order valence-electron chi connectivity index (χ0n) is 10.8. The fourth-order valence-corrected chi connectivity index (χ4v) is 3.52. The molecule has 0 amide bonds. The number of carbonyl (C=O) groups excluding carboxylic acids is 1. The molecule has 0 saturated carbocycles. The van der Waals surface area contributed by atoms with E-state index in [-0.39, 0.29) is 5.78 Å². The van der Waals surface area contributed by atoms with Crippen LogP contribution >= 0.6 is 38.6 Å². The highest BCUT2D eigenvalue weighted by atomic mass is 79.9. The third kappa shape index (κ3) is 3.56. The number of benzene rings is 1. The molecule has 0 atom stereocenters. The van der Waals surface area contributed by atoms with Gasteiger partial charge in [0.15, 0.2) is 5.78 Å². The summed E-state index contributed by atoms with van der Waals surface area (Å²) in [6.07, 6.45) is 3.33. The standard InChI is InChI=1S/C16H10BrNOS2/c17-13-3-1-11(2-4-13)15(19)6-5-14-10-21-16(18-14)12-7-8-20-9-12/h1-10H/b6-5+. The largest absolute Gasteiger partial charge is 0.289 e. The van der Waals surface area contributed by atoms with Gasteiger partial charge in [0.25, 0.3) is 0 Å². The average Bonchev–Trinajstić information content (AvgIpc) is 3.16. The first-order valence-corrected chi connectivity index (χ1v) is 8.80. The van der Waals surface area contributed by atoms with Crippen molar-refractivity contribution in [1.29, 1.82) is 0 Å². The third-order valence-corrected chi connectivity index (χ3v) is 4.95. The van der Waals surface area contributed by atoms with Gasteiger partial charge in [-0.25, -0.2) is 4.98 Å². The van der Waals surface area contributed by atoms with Gasteiger partial charge >= 0.3 is 0 Å². The van der Waals surface area contributed by atoms with E-state index in [0.717, 1.165) is 20.7 Å². The maximum Gasteiger partial charge on any atom is 0.185 e. The molecule has 2 aromatic heterocycles. The smallest absolute Gasteiger partial charge is 0.185 e. The minimum absolute atomic E-state index is 0.0208. The van der Waals surface area contributed by atoms with Crippen molar-refractivity contribution in [1.82, 2.24) is 4.98 Å². The monoisotopic (exact) mass is 375 g/mol. The molecule has 1 aromatic carbocycles. The van der Waals surface area contributed by atoms with Crippen molar-refractivity contribution in [2.45, 2.75) is 0 Å². The molecule has 0 saturated heterocycles. The molecule has 21 heavy (non-hydrogen) atoms. The van der Waals surface area contributed by atoms with Crippen molar-refractivity contribution >= 4 is 50.5 Å². The Bertz CT molecular complexity index is 773. The number of aromatic nitrogens is 1. The van der Waals surface area contributed by atoms with Gasteiger partial charge in [0.1, 0.15) is 5.01 Å². The van der Waals surface area contributed by atoms with Gasteiger partial charge in [-0.15, -0.1) is 11.3 Å². The van der Waals surface area contributed by atoms with Gasteiger partial charge < -0.3 is 0 Å². The normalized spacial score (nSPS) is 11.1. The Labute approximate surface area is 138 Å². The SMILES string of the molecule is O=C(/C=C/c1csc(-c2ccsc2)n1)c1ccc(Br)cc1. The van der Waals surface area contributed by atoms with Gasteiger partial charge in [-0.3, -0.25) is 4.79 Å². The fourth-order valence-electron chi connectivity index (χ4n) is 1.75. The number of thiophene rings is 1. The van der Waals surface area contributed by atoms with Crippen molar-refractivity contribution in [2.75, 3.05) is 0 Å². The lowest BCUT2D eigenvalue weighted by Gasteiger charge is -1.95. The van der Waals surface area contributed by atoms with Crippen LogP contribution in [0.4, 0.5) is 0 Å². The number of halogens is 1. The number of hydrogen-bond donors (Lipinski definition) is 0. The van der Waals surface area contributed by atoms with E-state index < -0.39 is 0 Å². The molecule has 104 valence electrons. The highest BCUT2D eigenvalue weighted by Gasteiger charge is 2.04. The predicted molar refractivity (Wildman–Crippen MR) is 92.9 cm³/mol. The van der Waals surface area contributed by atoms with Crippen LogP contribution in [0.15, 0.2) is 57.0 Å².